The number of nitrogens with one attached hydrogen (secondary N) is 2. The van der Waals surface area contributed by atoms with Gasteiger partial charge in [-0.25, -0.2) is 19.4 Å². The average Bonchev–Trinajstić information content (AvgIpc) is 2.90. The van der Waals surface area contributed by atoms with Gasteiger partial charge in [-0.15, -0.1) is 0 Å². The third kappa shape index (κ3) is 3.95. The summed E-state index contributed by atoms with van der Waals surface area (Å²) in [4.78, 5) is 20.4. The molecule has 7 nitrogen and oxygen atoms in total. The largest absolute Gasteiger partial charge is 0.324 e. The van der Waals surface area contributed by atoms with E-state index in [-0.39, 0.29) is 0 Å². The van der Waals surface area contributed by atoms with Crippen LogP contribution >= 0.6 is 11.6 Å². The zero-order chi connectivity index (χ0) is 18.0. The number of aryl methyl sites for hydroxylation is 3. The van der Waals surface area contributed by atoms with Crippen LogP contribution in [0.15, 0.2) is 36.7 Å². The van der Waals surface area contributed by atoms with Crippen molar-refractivity contribution in [3.8, 4) is 5.82 Å². The Morgan fingerprint density at radius 2 is 1.88 bits per heavy atom. The van der Waals surface area contributed by atoms with Gasteiger partial charge in [0.15, 0.2) is 5.82 Å². The summed E-state index contributed by atoms with van der Waals surface area (Å²) in [7, 11) is 0. The lowest BCUT2D eigenvalue weighted by Crippen LogP contribution is -2.20. The molecule has 3 rings (SSSR count). The van der Waals surface area contributed by atoms with E-state index in [4.69, 9.17) is 11.6 Å². The molecule has 8 heteroatoms. The summed E-state index contributed by atoms with van der Waals surface area (Å²) in [6.45, 7) is 5.74. The first-order valence-corrected chi connectivity index (χ1v) is 8.00. The number of amides is 2. The van der Waals surface area contributed by atoms with Crippen LogP contribution in [0.4, 0.5) is 16.3 Å². The van der Waals surface area contributed by atoms with Gasteiger partial charge < -0.3 is 5.32 Å². The van der Waals surface area contributed by atoms with Gasteiger partial charge in [-0.2, -0.15) is 5.10 Å². The average molecular weight is 357 g/mol. The predicted molar refractivity (Wildman–Crippen MR) is 97.5 cm³/mol. The van der Waals surface area contributed by atoms with Crippen LogP contribution in [0.2, 0.25) is 5.02 Å². The van der Waals surface area contributed by atoms with Crippen LogP contribution in [0.1, 0.15) is 17.0 Å². The Morgan fingerprint density at radius 1 is 1.08 bits per heavy atom. The van der Waals surface area contributed by atoms with Gasteiger partial charge in [0.1, 0.15) is 12.1 Å². The lowest BCUT2D eigenvalue weighted by molar-refractivity contribution is 0.262. The molecule has 25 heavy (non-hydrogen) atoms. The monoisotopic (exact) mass is 356 g/mol. The molecule has 0 aliphatic carbocycles. The Kier molecular flexibility index (Phi) is 4.67. The van der Waals surface area contributed by atoms with Crippen molar-refractivity contribution in [1.29, 1.82) is 0 Å². The Morgan fingerprint density at radius 3 is 2.56 bits per heavy atom. The molecule has 0 unspecified atom stereocenters. The molecule has 0 fully saturated rings. The summed E-state index contributed by atoms with van der Waals surface area (Å²) < 4.78 is 1.69. The molecule has 1 aromatic carbocycles. The summed E-state index contributed by atoms with van der Waals surface area (Å²) in [6, 6.07) is 8.49. The van der Waals surface area contributed by atoms with E-state index in [1.807, 2.05) is 32.9 Å². The van der Waals surface area contributed by atoms with Gasteiger partial charge in [0.05, 0.1) is 5.69 Å². The van der Waals surface area contributed by atoms with Crippen molar-refractivity contribution in [3.05, 3.63) is 58.6 Å². The molecule has 128 valence electrons. The molecule has 2 heterocycles. The first-order valence-electron chi connectivity index (χ1n) is 7.62. The van der Waals surface area contributed by atoms with Crippen LogP contribution in [0.25, 0.3) is 5.82 Å². The zero-order valence-corrected chi connectivity index (χ0v) is 14.8. The van der Waals surface area contributed by atoms with E-state index < -0.39 is 6.03 Å². The highest BCUT2D eigenvalue weighted by molar-refractivity contribution is 6.31. The summed E-state index contributed by atoms with van der Waals surface area (Å²) in [5, 5.41) is 10.4. The van der Waals surface area contributed by atoms with Gasteiger partial charge in [0.2, 0.25) is 0 Å². The second-order valence-corrected chi connectivity index (χ2v) is 6.05. The second-order valence-electron chi connectivity index (χ2n) is 5.64. The minimum Gasteiger partial charge on any atom is -0.308 e. The van der Waals surface area contributed by atoms with E-state index in [1.54, 1.807) is 22.9 Å². The van der Waals surface area contributed by atoms with Gasteiger partial charge >= 0.3 is 6.03 Å². The summed E-state index contributed by atoms with van der Waals surface area (Å²) >= 11 is 6.06. The third-order valence-corrected chi connectivity index (χ3v) is 3.96. The number of rotatable bonds is 3. The smallest absolute Gasteiger partial charge is 0.308 e. The van der Waals surface area contributed by atoms with E-state index in [2.05, 4.69) is 25.7 Å². The van der Waals surface area contributed by atoms with E-state index in [0.29, 0.717) is 22.3 Å². The highest BCUT2D eigenvalue weighted by Gasteiger charge is 2.09. The van der Waals surface area contributed by atoms with Crippen molar-refractivity contribution in [2.45, 2.75) is 20.8 Å². The van der Waals surface area contributed by atoms with Crippen molar-refractivity contribution in [1.82, 2.24) is 19.7 Å². The molecule has 0 radical (unpaired) electrons. The van der Waals surface area contributed by atoms with E-state index >= 15 is 0 Å². The maximum Gasteiger partial charge on any atom is 0.324 e. The van der Waals surface area contributed by atoms with Gasteiger partial charge in [0.25, 0.3) is 0 Å². The Balaban J connectivity index is 1.74. The minimum atomic E-state index is -0.419. The van der Waals surface area contributed by atoms with Crippen molar-refractivity contribution < 1.29 is 4.79 Å². The number of carbonyl (C=O) groups excluding carboxylic acids is 1. The van der Waals surface area contributed by atoms with Crippen molar-refractivity contribution >= 4 is 29.1 Å². The standard InChI is InChI=1S/C17H17ClN6O/c1-10-4-5-13(7-14(10)18)21-17(25)22-15-8-16(20-9-19-15)24-12(3)6-11(2)23-24/h4-9H,1-3H3,(H2,19,20,21,22,25). The molecular weight excluding hydrogens is 340 g/mol. The highest BCUT2D eigenvalue weighted by atomic mass is 35.5. The molecule has 0 aliphatic heterocycles. The molecule has 2 amide bonds. The molecule has 0 saturated heterocycles. The Labute approximate surface area is 150 Å². The molecule has 3 aromatic rings. The highest BCUT2D eigenvalue weighted by Crippen LogP contribution is 2.20. The molecule has 2 aromatic heterocycles. The Bertz CT molecular complexity index is 937. The maximum absolute atomic E-state index is 12.1. The minimum absolute atomic E-state index is 0.369. The van der Waals surface area contributed by atoms with Crippen LogP contribution in [0.3, 0.4) is 0 Å². The number of halogens is 1. The summed E-state index contributed by atoms with van der Waals surface area (Å²) in [5.41, 5.74) is 3.37. The number of nitrogens with zero attached hydrogens (tertiary/aromatic N) is 4. The van der Waals surface area contributed by atoms with Gasteiger partial charge in [-0.05, 0) is 44.5 Å². The lowest BCUT2D eigenvalue weighted by Gasteiger charge is -2.09. The fourth-order valence-corrected chi connectivity index (χ4v) is 2.52. The van der Waals surface area contributed by atoms with Crippen LogP contribution in [0, 0.1) is 20.8 Å². The van der Waals surface area contributed by atoms with Crippen molar-refractivity contribution in [2.24, 2.45) is 0 Å². The number of hydrogen-bond acceptors (Lipinski definition) is 4. The number of aromatic nitrogens is 4. The maximum atomic E-state index is 12.1. The van der Waals surface area contributed by atoms with Crippen LogP contribution < -0.4 is 10.6 Å². The second kappa shape index (κ2) is 6.90. The summed E-state index contributed by atoms with van der Waals surface area (Å²) in [6.07, 6.45) is 1.38. The fourth-order valence-electron chi connectivity index (χ4n) is 2.34. The van der Waals surface area contributed by atoms with Crippen LogP contribution in [-0.4, -0.2) is 25.8 Å². The summed E-state index contributed by atoms with van der Waals surface area (Å²) in [5.74, 6) is 0.947. The van der Waals surface area contributed by atoms with E-state index in [1.165, 1.54) is 6.33 Å². The van der Waals surface area contributed by atoms with Gasteiger partial charge in [-0.3, -0.25) is 5.32 Å². The predicted octanol–water partition coefficient (Wildman–Crippen LogP) is 3.88. The van der Waals surface area contributed by atoms with E-state index in [9.17, 15) is 4.79 Å². The molecule has 0 spiro atoms. The molecule has 0 bridgehead atoms. The first-order chi connectivity index (χ1) is 11.9. The lowest BCUT2D eigenvalue weighted by atomic mass is 10.2. The third-order valence-electron chi connectivity index (χ3n) is 3.55. The first kappa shape index (κ1) is 16.9. The fraction of sp³-hybridized carbons (Fsp3) is 0.176. The quantitative estimate of drug-likeness (QED) is 0.745. The zero-order valence-electron chi connectivity index (χ0n) is 14.0. The molecule has 0 aliphatic rings. The van der Waals surface area contributed by atoms with Crippen LogP contribution in [-0.2, 0) is 0 Å². The van der Waals surface area contributed by atoms with Gasteiger partial charge in [0, 0.05) is 22.5 Å². The normalized spacial score (nSPS) is 10.6. The number of carbonyl (C=O) groups is 1. The number of anilines is 2. The van der Waals surface area contributed by atoms with Gasteiger partial charge in [-0.1, -0.05) is 17.7 Å². The van der Waals surface area contributed by atoms with Crippen molar-refractivity contribution in [3.63, 3.8) is 0 Å². The number of benzene rings is 1. The molecule has 0 atom stereocenters. The molecular formula is C17H17ClN6O. The topological polar surface area (TPSA) is 84.7 Å². The van der Waals surface area contributed by atoms with Crippen molar-refractivity contribution in [2.75, 3.05) is 10.6 Å². The molecule has 2 N–H and O–H groups in total. The SMILES string of the molecule is Cc1cc(C)n(-c2cc(NC(=O)Nc3ccc(C)c(Cl)c3)ncn2)n1. The van der Waals surface area contributed by atoms with E-state index in [0.717, 1.165) is 17.0 Å². The van der Waals surface area contributed by atoms with Crippen LogP contribution in [0.5, 0.6) is 0 Å². The Hall–Kier alpha value is -2.93. The number of hydrogen-bond donors (Lipinski definition) is 2. The molecule has 0 saturated carbocycles. The number of urea groups is 1.